The Labute approximate surface area is 82.3 Å². The molecule has 5 heteroatoms. The number of halogens is 4. The molecule has 14 heavy (non-hydrogen) atoms. The summed E-state index contributed by atoms with van der Waals surface area (Å²) in [5.74, 6) is -4.54. The number of hydrogen-bond donors (Lipinski definition) is 0. The minimum absolute atomic E-state index is 0.0405. The van der Waals surface area contributed by atoms with Crippen molar-refractivity contribution < 1.29 is 17.6 Å². The lowest BCUT2D eigenvalue weighted by atomic mass is 10.1. The second-order valence-electron chi connectivity index (χ2n) is 3.02. The molecule has 0 amide bonds. The maximum Gasteiger partial charge on any atom is 0.175 e. The smallest absolute Gasteiger partial charge is 0.175 e. The van der Waals surface area contributed by atoms with Crippen molar-refractivity contribution in [3.05, 3.63) is 28.8 Å². The molecule has 76 valence electrons. The molecule has 0 unspecified atom stereocenters. The van der Waals surface area contributed by atoms with Crippen molar-refractivity contribution in [2.24, 2.45) is 0 Å². The topological polar surface area (TPSA) is 0 Å². The molecule has 1 aromatic rings. The highest BCUT2D eigenvalue weighted by atomic mass is 32.2. The van der Waals surface area contributed by atoms with E-state index in [1.54, 1.807) is 0 Å². The summed E-state index contributed by atoms with van der Waals surface area (Å²) in [4.78, 5) is -0.538. The van der Waals surface area contributed by atoms with Gasteiger partial charge in [-0.1, -0.05) is 0 Å². The SMILES string of the molecule is Fc1c(F)c2c(F)c(F)c1CCCS2. The van der Waals surface area contributed by atoms with Gasteiger partial charge in [-0.05, 0) is 18.6 Å². The van der Waals surface area contributed by atoms with Gasteiger partial charge in [-0.25, -0.2) is 17.6 Å². The predicted octanol–water partition coefficient (Wildman–Crippen LogP) is 3.28. The average molecular weight is 222 g/mol. The first kappa shape index (κ1) is 9.83. The van der Waals surface area contributed by atoms with E-state index < -0.39 is 33.7 Å². The standard InChI is InChI=1S/C9H6F4S/c10-5-4-2-1-3-14-9(7(5)12)8(13)6(4)11/h1-3H2. The van der Waals surface area contributed by atoms with E-state index in [4.69, 9.17) is 0 Å². The Morgan fingerprint density at radius 1 is 0.857 bits per heavy atom. The van der Waals surface area contributed by atoms with Crippen molar-refractivity contribution >= 4 is 11.8 Å². The molecule has 0 nitrogen and oxygen atoms in total. The van der Waals surface area contributed by atoms with Crippen LogP contribution in [0.5, 0.6) is 0 Å². The van der Waals surface area contributed by atoms with Gasteiger partial charge in [0.15, 0.2) is 23.3 Å². The van der Waals surface area contributed by atoms with Crippen molar-refractivity contribution in [2.75, 3.05) is 5.75 Å². The third kappa shape index (κ3) is 1.30. The van der Waals surface area contributed by atoms with Crippen molar-refractivity contribution in [3.63, 3.8) is 0 Å². The molecular formula is C9H6F4S. The molecule has 2 bridgehead atoms. The van der Waals surface area contributed by atoms with Crippen LogP contribution in [0.1, 0.15) is 12.0 Å². The van der Waals surface area contributed by atoms with Crippen LogP contribution in [-0.2, 0) is 6.42 Å². The molecule has 1 aromatic carbocycles. The van der Waals surface area contributed by atoms with Gasteiger partial charge >= 0.3 is 0 Å². The summed E-state index contributed by atoms with van der Waals surface area (Å²) >= 11 is 0.817. The quantitative estimate of drug-likeness (QED) is 0.479. The first-order valence-electron chi connectivity index (χ1n) is 4.10. The monoisotopic (exact) mass is 222 g/mol. The summed E-state index contributed by atoms with van der Waals surface area (Å²) in [5.41, 5.74) is -0.468. The molecule has 2 aliphatic heterocycles. The van der Waals surface area contributed by atoms with Crippen molar-refractivity contribution in [2.45, 2.75) is 17.7 Å². The molecular weight excluding hydrogens is 216 g/mol. The fourth-order valence-corrected chi connectivity index (χ4v) is 2.35. The minimum atomic E-state index is -1.26. The maximum atomic E-state index is 13.1. The Bertz CT molecular complexity index is 323. The van der Waals surface area contributed by atoms with Gasteiger partial charge in [-0.3, -0.25) is 0 Å². The summed E-state index contributed by atoms with van der Waals surface area (Å²) in [7, 11) is 0. The molecule has 0 spiro atoms. The van der Waals surface area contributed by atoms with Crippen molar-refractivity contribution in [3.8, 4) is 0 Å². The van der Waals surface area contributed by atoms with Crippen LogP contribution in [0.3, 0.4) is 0 Å². The summed E-state index contributed by atoms with van der Waals surface area (Å²) in [6.45, 7) is 0. The van der Waals surface area contributed by atoms with Crippen LogP contribution in [-0.4, -0.2) is 5.75 Å². The van der Waals surface area contributed by atoms with E-state index in [1.165, 1.54) is 0 Å². The van der Waals surface area contributed by atoms with E-state index in [-0.39, 0.29) is 6.42 Å². The van der Waals surface area contributed by atoms with E-state index in [0.29, 0.717) is 12.2 Å². The summed E-state index contributed by atoms with van der Waals surface area (Å²) < 4.78 is 52.5. The Morgan fingerprint density at radius 2 is 1.43 bits per heavy atom. The van der Waals surface area contributed by atoms with Gasteiger partial charge in [0, 0.05) is 5.56 Å². The van der Waals surface area contributed by atoms with Crippen LogP contribution < -0.4 is 0 Å². The van der Waals surface area contributed by atoms with E-state index in [2.05, 4.69) is 0 Å². The molecule has 0 atom stereocenters. The third-order valence-corrected chi connectivity index (χ3v) is 3.27. The Morgan fingerprint density at radius 3 is 2.00 bits per heavy atom. The normalized spacial score (nSPS) is 15.4. The second-order valence-corrected chi connectivity index (χ2v) is 4.12. The zero-order valence-electron chi connectivity index (χ0n) is 7.04. The van der Waals surface area contributed by atoms with Crippen molar-refractivity contribution in [1.82, 2.24) is 0 Å². The van der Waals surface area contributed by atoms with E-state index >= 15 is 0 Å². The highest BCUT2D eigenvalue weighted by molar-refractivity contribution is 7.99. The van der Waals surface area contributed by atoms with Gasteiger partial charge in [-0.15, -0.1) is 11.8 Å². The van der Waals surface area contributed by atoms with Gasteiger partial charge < -0.3 is 0 Å². The molecule has 2 aliphatic rings. The Hall–Kier alpha value is -0.710. The third-order valence-electron chi connectivity index (χ3n) is 2.13. The van der Waals surface area contributed by atoms with Crippen LogP contribution in [0.25, 0.3) is 0 Å². The van der Waals surface area contributed by atoms with E-state index in [9.17, 15) is 17.6 Å². The van der Waals surface area contributed by atoms with E-state index in [1.807, 2.05) is 0 Å². The lowest BCUT2D eigenvalue weighted by molar-refractivity contribution is 0.410. The number of hydrogen-bond acceptors (Lipinski definition) is 1. The molecule has 0 saturated carbocycles. The molecule has 0 aliphatic carbocycles. The van der Waals surface area contributed by atoms with Crippen LogP contribution in [0, 0.1) is 23.3 Å². The van der Waals surface area contributed by atoms with Gasteiger partial charge in [0.1, 0.15) is 0 Å². The largest absolute Gasteiger partial charge is 0.203 e. The molecule has 0 N–H and O–H groups in total. The predicted molar refractivity (Wildman–Crippen MR) is 45.3 cm³/mol. The molecule has 0 aromatic heterocycles. The second kappa shape index (κ2) is 3.46. The Kier molecular flexibility index (Phi) is 2.43. The van der Waals surface area contributed by atoms with Crippen LogP contribution in [0.4, 0.5) is 17.6 Å². The zero-order valence-corrected chi connectivity index (χ0v) is 7.86. The highest BCUT2D eigenvalue weighted by Crippen LogP contribution is 2.34. The minimum Gasteiger partial charge on any atom is -0.203 e. The van der Waals surface area contributed by atoms with Crippen LogP contribution in [0.15, 0.2) is 4.90 Å². The highest BCUT2D eigenvalue weighted by Gasteiger charge is 2.26. The lowest BCUT2D eigenvalue weighted by Gasteiger charge is -2.14. The summed E-state index contributed by atoms with van der Waals surface area (Å²) in [5, 5.41) is 0. The molecule has 0 radical (unpaired) electrons. The maximum absolute atomic E-state index is 13.1. The summed E-state index contributed by atoms with van der Waals surface area (Å²) in [6.07, 6.45) is 0.559. The first-order chi connectivity index (χ1) is 6.63. The fourth-order valence-electron chi connectivity index (χ4n) is 1.43. The Balaban J connectivity index is 2.76. The van der Waals surface area contributed by atoms with Gasteiger partial charge in [0.05, 0.1) is 4.90 Å². The number of rotatable bonds is 0. The molecule has 0 saturated heterocycles. The number of benzene rings is 1. The first-order valence-corrected chi connectivity index (χ1v) is 5.09. The number of fused-ring (bicyclic) bond motifs is 5. The van der Waals surface area contributed by atoms with Gasteiger partial charge in [0.2, 0.25) is 0 Å². The average Bonchev–Trinajstić information content (AvgIpc) is 2.15. The fraction of sp³-hybridized carbons (Fsp3) is 0.333. The van der Waals surface area contributed by atoms with E-state index in [0.717, 1.165) is 11.8 Å². The van der Waals surface area contributed by atoms with Crippen LogP contribution >= 0.6 is 11.8 Å². The zero-order chi connectivity index (χ0) is 10.3. The molecule has 3 rings (SSSR count). The molecule has 0 fully saturated rings. The summed E-state index contributed by atoms with van der Waals surface area (Å²) in [6, 6.07) is 0. The number of thioether (sulfide) groups is 1. The van der Waals surface area contributed by atoms with Gasteiger partial charge in [0.25, 0.3) is 0 Å². The lowest BCUT2D eigenvalue weighted by Crippen LogP contribution is -2.09. The van der Waals surface area contributed by atoms with Crippen molar-refractivity contribution in [1.29, 1.82) is 0 Å². The van der Waals surface area contributed by atoms with Crippen LogP contribution in [0.2, 0.25) is 0 Å². The van der Waals surface area contributed by atoms with Gasteiger partial charge in [-0.2, -0.15) is 0 Å². The molecule has 2 heterocycles.